The molecular formula is C24H29N5O. The Balaban J connectivity index is 1.35. The average Bonchev–Trinajstić information content (AvgIpc) is 3.25. The van der Waals surface area contributed by atoms with E-state index in [1.807, 2.05) is 49.5 Å². The number of aryl methyl sites for hydroxylation is 2. The van der Waals surface area contributed by atoms with Crippen LogP contribution in [0.2, 0.25) is 0 Å². The van der Waals surface area contributed by atoms with Crippen molar-refractivity contribution >= 4 is 23.1 Å². The van der Waals surface area contributed by atoms with E-state index in [1.54, 1.807) is 0 Å². The van der Waals surface area contributed by atoms with Crippen molar-refractivity contribution in [3.8, 4) is 5.75 Å². The van der Waals surface area contributed by atoms with Crippen molar-refractivity contribution < 1.29 is 4.74 Å². The Kier molecular flexibility index (Phi) is 6.44. The summed E-state index contributed by atoms with van der Waals surface area (Å²) < 4.78 is 5.87. The predicted molar refractivity (Wildman–Crippen MR) is 122 cm³/mol. The minimum Gasteiger partial charge on any atom is -0.492 e. The number of benzene rings is 2. The zero-order valence-electron chi connectivity index (χ0n) is 17.7. The third-order valence-corrected chi connectivity index (χ3v) is 5.24. The number of rotatable bonds is 8. The highest BCUT2D eigenvalue weighted by atomic mass is 16.5. The predicted octanol–water partition coefficient (Wildman–Crippen LogP) is 5.06. The molecule has 1 aliphatic rings. The first-order valence-corrected chi connectivity index (χ1v) is 10.6. The number of aromatic nitrogens is 2. The molecule has 0 bridgehead atoms. The van der Waals surface area contributed by atoms with Gasteiger partial charge in [0.15, 0.2) is 0 Å². The summed E-state index contributed by atoms with van der Waals surface area (Å²) in [4.78, 5) is 11.5. The SMILES string of the molecule is Cc1cccc(Nc2nc(Nc3ccc(OCCN4CCCC4)cc3)ncc2C)c1. The van der Waals surface area contributed by atoms with Gasteiger partial charge >= 0.3 is 0 Å². The summed E-state index contributed by atoms with van der Waals surface area (Å²) in [5.74, 6) is 2.23. The lowest BCUT2D eigenvalue weighted by atomic mass is 10.2. The van der Waals surface area contributed by atoms with Crippen molar-refractivity contribution in [1.29, 1.82) is 0 Å². The molecule has 0 atom stereocenters. The summed E-state index contributed by atoms with van der Waals surface area (Å²) in [5, 5.41) is 6.65. The largest absolute Gasteiger partial charge is 0.492 e. The third-order valence-electron chi connectivity index (χ3n) is 5.24. The van der Waals surface area contributed by atoms with E-state index in [1.165, 1.54) is 31.5 Å². The lowest BCUT2D eigenvalue weighted by Crippen LogP contribution is -2.25. The molecule has 156 valence electrons. The van der Waals surface area contributed by atoms with Gasteiger partial charge in [-0.25, -0.2) is 4.98 Å². The molecule has 2 heterocycles. The number of likely N-dealkylation sites (tertiary alicyclic amines) is 1. The van der Waals surface area contributed by atoms with Crippen LogP contribution in [0.1, 0.15) is 24.0 Å². The molecule has 30 heavy (non-hydrogen) atoms. The highest BCUT2D eigenvalue weighted by Crippen LogP contribution is 2.22. The topological polar surface area (TPSA) is 62.3 Å². The summed E-state index contributed by atoms with van der Waals surface area (Å²) in [6.45, 7) is 8.18. The summed E-state index contributed by atoms with van der Waals surface area (Å²) in [5.41, 5.74) is 4.13. The lowest BCUT2D eigenvalue weighted by Gasteiger charge is -2.15. The lowest BCUT2D eigenvalue weighted by molar-refractivity contribution is 0.238. The first-order chi connectivity index (χ1) is 14.7. The first-order valence-electron chi connectivity index (χ1n) is 10.6. The van der Waals surface area contributed by atoms with Gasteiger partial charge in [-0.15, -0.1) is 0 Å². The van der Waals surface area contributed by atoms with Crippen molar-refractivity contribution in [2.24, 2.45) is 0 Å². The van der Waals surface area contributed by atoms with E-state index in [4.69, 9.17) is 4.74 Å². The van der Waals surface area contributed by atoms with E-state index in [0.29, 0.717) is 5.95 Å². The molecule has 4 rings (SSSR count). The summed E-state index contributed by atoms with van der Waals surface area (Å²) in [6, 6.07) is 16.2. The molecule has 2 aromatic carbocycles. The fourth-order valence-electron chi connectivity index (χ4n) is 3.55. The van der Waals surface area contributed by atoms with Crippen LogP contribution in [0.5, 0.6) is 5.75 Å². The van der Waals surface area contributed by atoms with E-state index >= 15 is 0 Å². The Bertz CT molecular complexity index is 968. The number of nitrogens with zero attached hydrogens (tertiary/aromatic N) is 3. The zero-order valence-corrected chi connectivity index (χ0v) is 17.7. The van der Waals surface area contributed by atoms with E-state index in [9.17, 15) is 0 Å². The van der Waals surface area contributed by atoms with Crippen LogP contribution in [0.25, 0.3) is 0 Å². The number of ether oxygens (including phenoxy) is 1. The second-order valence-corrected chi connectivity index (χ2v) is 7.77. The van der Waals surface area contributed by atoms with Gasteiger partial charge in [-0.3, -0.25) is 4.90 Å². The molecule has 0 unspecified atom stereocenters. The normalized spacial score (nSPS) is 13.9. The van der Waals surface area contributed by atoms with Crippen LogP contribution in [0, 0.1) is 13.8 Å². The van der Waals surface area contributed by atoms with E-state index in [-0.39, 0.29) is 0 Å². The molecule has 0 aliphatic carbocycles. The number of hydrogen-bond acceptors (Lipinski definition) is 6. The van der Waals surface area contributed by atoms with Crippen molar-refractivity contribution in [1.82, 2.24) is 14.9 Å². The first kappa shape index (κ1) is 20.2. The molecule has 0 saturated carbocycles. The minimum absolute atomic E-state index is 0.554. The highest BCUT2D eigenvalue weighted by Gasteiger charge is 2.11. The summed E-state index contributed by atoms with van der Waals surface area (Å²) >= 11 is 0. The molecule has 2 N–H and O–H groups in total. The monoisotopic (exact) mass is 403 g/mol. The van der Waals surface area contributed by atoms with Gasteiger partial charge in [0.2, 0.25) is 5.95 Å². The van der Waals surface area contributed by atoms with Gasteiger partial charge in [-0.1, -0.05) is 12.1 Å². The van der Waals surface area contributed by atoms with Gasteiger partial charge in [0.05, 0.1) is 0 Å². The van der Waals surface area contributed by atoms with Gasteiger partial charge in [-0.05, 0) is 81.7 Å². The molecule has 1 saturated heterocycles. The second-order valence-electron chi connectivity index (χ2n) is 7.77. The molecular weight excluding hydrogens is 374 g/mol. The summed E-state index contributed by atoms with van der Waals surface area (Å²) in [7, 11) is 0. The van der Waals surface area contributed by atoms with Gasteiger partial charge < -0.3 is 15.4 Å². The Morgan fingerprint density at radius 2 is 1.77 bits per heavy atom. The van der Waals surface area contributed by atoms with Crippen LogP contribution >= 0.6 is 0 Å². The van der Waals surface area contributed by atoms with E-state index in [0.717, 1.165) is 41.7 Å². The van der Waals surface area contributed by atoms with Crippen LogP contribution in [0.15, 0.2) is 54.7 Å². The van der Waals surface area contributed by atoms with Crippen LogP contribution in [0.4, 0.5) is 23.1 Å². The molecule has 1 aromatic heterocycles. The maximum atomic E-state index is 5.87. The van der Waals surface area contributed by atoms with Gasteiger partial charge in [-0.2, -0.15) is 4.98 Å². The van der Waals surface area contributed by atoms with Crippen molar-refractivity contribution in [2.45, 2.75) is 26.7 Å². The maximum Gasteiger partial charge on any atom is 0.229 e. The molecule has 3 aromatic rings. The van der Waals surface area contributed by atoms with Crippen LogP contribution < -0.4 is 15.4 Å². The maximum absolute atomic E-state index is 5.87. The van der Waals surface area contributed by atoms with Gasteiger partial charge in [0.1, 0.15) is 18.2 Å². The molecule has 6 heteroatoms. The fourth-order valence-corrected chi connectivity index (χ4v) is 3.55. The third kappa shape index (κ3) is 5.48. The number of hydrogen-bond donors (Lipinski definition) is 2. The molecule has 1 fully saturated rings. The minimum atomic E-state index is 0.554. The number of anilines is 4. The molecule has 1 aliphatic heterocycles. The second kappa shape index (κ2) is 9.59. The van der Waals surface area contributed by atoms with Crippen LogP contribution in [0.3, 0.4) is 0 Å². The van der Waals surface area contributed by atoms with Crippen LogP contribution in [-0.2, 0) is 0 Å². The Hall–Kier alpha value is -3.12. The van der Waals surface area contributed by atoms with Gasteiger partial charge in [0.25, 0.3) is 0 Å². The fraction of sp³-hybridized carbons (Fsp3) is 0.333. The molecule has 0 radical (unpaired) electrons. The van der Waals surface area contributed by atoms with Crippen LogP contribution in [-0.4, -0.2) is 41.1 Å². The van der Waals surface area contributed by atoms with E-state index < -0.39 is 0 Å². The Morgan fingerprint density at radius 1 is 0.967 bits per heavy atom. The van der Waals surface area contributed by atoms with Crippen molar-refractivity contribution in [3.05, 3.63) is 65.9 Å². The zero-order chi connectivity index (χ0) is 20.8. The van der Waals surface area contributed by atoms with Gasteiger partial charge in [0, 0.05) is 29.7 Å². The molecule has 0 amide bonds. The summed E-state index contributed by atoms with van der Waals surface area (Å²) in [6.07, 6.45) is 4.44. The Labute approximate surface area is 178 Å². The Morgan fingerprint density at radius 3 is 2.53 bits per heavy atom. The van der Waals surface area contributed by atoms with Crippen molar-refractivity contribution in [2.75, 3.05) is 36.9 Å². The molecule has 6 nitrogen and oxygen atoms in total. The average molecular weight is 404 g/mol. The van der Waals surface area contributed by atoms with E-state index in [2.05, 4.69) is 44.6 Å². The quantitative estimate of drug-likeness (QED) is 0.548. The smallest absolute Gasteiger partial charge is 0.229 e. The number of nitrogens with one attached hydrogen (secondary N) is 2. The molecule has 0 spiro atoms. The van der Waals surface area contributed by atoms with Crippen molar-refractivity contribution in [3.63, 3.8) is 0 Å². The highest BCUT2D eigenvalue weighted by molar-refractivity contribution is 5.62. The standard InChI is InChI=1S/C24H29N5O/c1-18-6-5-7-21(16-18)26-23-19(2)17-25-24(28-23)27-20-8-10-22(11-9-20)30-15-14-29-12-3-4-13-29/h5-11,16-17H,3-4,12-15H2,1-2H3,(H2,25,26,27,28).